The second kappa shape index (κ2) is 87.9. The maximum absolute atomic E-state index is 13.0. The Hall–Kier alpha value is -5.35. The zero-order valence-corrected chi connectivity index (χ0v) is 73.9. The fraction of sp³-hybridized carbons (Fsp3) is 0.660. The number of aliphatic hydroxyl groups excluding tert-OH is 2. The van der Waals surface area contributed by atoms with Crippen molar-refractivity contribution in [2.45, 2.75) is 373 Å². The number of rotatable bonds is 84. The SMILES string of the molecule is CC/C=C\C/C=C\C/C=C\C/C=C\C/C=C\C/C=C\CCCCCCCCC(=O)OCC(COP(=O)(O)OCC(O)COP(=O)(O)OCC(O)COC(=O)CCCCCCCCCCCCCCCCCCC/C=C\C/C=C\C/C=C\C/C=C\CCCCC)OC(=O)CCCCCCC/C=C\C/C=C\C/C=C\C/C=C\C/C=C\CC. The molecule has 0 aliphatic rings. The normalized spacial score (nSPS) is 14.7. The minimum Gasteiger partial charge on any atom is -0.463 e. The number of aliphatic hydroxyl groups is 2. The summed E-state index contributed by atoms with van der Waals surface area (Å²) in [7, 11) is -9.83. The van der Waals surface area contributed by atoms with Crippen LogP contribution >= 0.6 is 15.6 Å². The Bertz CT molecular complexity index is 2820. The van der Waals surface area contributed by atoms with Crippen LogP contribution in [0.25, 0.3) is 0 Å². The van der Waals surface area contributed by atoms with Gasteiger partial charge in [-0.15, -0.1) is 0 Å². The lowest BCUT2D eigenvalue weighted by Crippen LogP contribution is -2.30. The standard InChI is InChI=1S/C97H162O16P2/c1-4-7-10-13-16-19-22-25-28-31-34-37-39-41-42-43-44-45-46-47-48-50-52-54-56-59-62-65-68-71-74-77-80-83-95(100)107-86-92(98)87-109-114(103,104)110-88-93(99)89-111-115(105,106)112-91-94(113-97(102)85-82-79-76-73-70-67-64-61-58-53-36-33-30-27-24-21-18-15-12-9-6-3)90-108-96(101)84-81-78-75-72-69-66-63-60-57-55-51-49-40-38-35-32-29-26-23-20-17-14-11-8-5-2/h8-9,11-12,16-21,25-30,34-38,41-42,49,51,53,57,60-61,64,92-94,98-99H,4-7,10,13-15,22-24,31-33,39-40,43-48,50,52,54-56,58-59,62-63,65-91H2,1-3H3,(H,103,104)(H,105,106)/b11-8-,12-9-,19-16-,20-17-,21-18-,28-25-,29-26-,30-27-,37-34-,38-35-,42-41-,51-49-,53-36-,60-57-,64-61-. The third-order valence-corrected chi connectivity index (χ3v) is 20.5. The van der Waals surface area contributed by atoms with E-state index in [1.807, 2.05) is 0 Å². The molecule has 5 unspecified atom stereocenters. The number of allylic oxidation sites excluding steroid dienone is 30. The van der Waals surface area contributed by atoms with Crippen LogP contribution in [-0.2, 0) is 55.8 Å². The van der Waals surface area contributed by atoms with Crippen molar-refractivity contribution in [3.05, 3.63) is 182 Å². The second-order valence-electron chi connectivity index (χ2n) is 29.6. The minimum absolute atomic E-state index is 0.0721. The summed E-state index contributed by atoms with van der Waals surface area (Å²) in [4.78, 5) is 58.9. The van der Waals surface area contributed by atoms with Crippen LogP contribution in [0.1, 0.15) is 355 Å². The molecule has 0 aliphatic heterocycles. The van der Waals surface area contributed by atoms with E-state index in [0.717, 1.165) is 180 Å². The number of esters is 3. The van der Waals surface area contributed by atoms with E-state index in [2.05, 4.69) is 203 Å². The molecule has 0 heterocycles. The molecular formula is C97H162O16P2. The number of phosphoric ester groups is 2. The summed E-state index contributed by atoms with van der Waals surface area (Å²) in [6, 6.07) is 0. The lowest BCUT2D eigenvalue weighted by Gasteiger charge is -2.21. The minimum atomic E-state index is -4.96. The van der Waals surface area contributed by atoms with Gasteiger partial charge in [0.1, 0.15) is 25.4 Å². The van der Waals surface area contributed by atoms with Gasteiger partial charge in [0.15, 0.2) is 6.10 Å². The zero-order chi connectivity index (χ0) is 83.6. The highest BCUT2D eigenvalue weighted by Gasteiger charge is 2.29. The van der Waals surface area contributed by atoms with Gasteiger partial charge in [-0.3, -0.25) is 32.5 Å². The van der Waals surface area contributed by atoms with Gasteiger partial charge in [-0.2, -0.15) is 0 Å². The van der Waals surface area contributed by atoms with Crippen LogP contribution in [0.3, 0.4) is 0 Å². The fourth-order valence-electron chi connectivity index (χ4n) is 11.8. The van der Waals surface area contributed by atoms with Crippen molar-refractivity contribution in [1.29, 1.82) is 0 Å². The molecule has 0 saturated heterocycles. The van der Waals surface area contributed by atoms with E-state index in [0.29, 0.717) is 19.3 Å². The Morgan fingerprint density at radius 3 is 0.730 bits per heavy atom. The number of hydrogen-bond donors (Lipinski definition) is 4. The van der Waals surface area contributed by atoms with Gasteiger partial charge in [0.25, 0.3) is 0 Å². The van der Waals surface area contributed by atoms with E-state index < -0.39 is 91.5 Å². The van der Waals surface area contributed by atoms with Crippen molar-refractivity contribution in [3.8, 4) is 0 Å². The van der Waals surface area contributed by atoms with E-state index in [1.54, 1.807) is 0 Å². The topological polar surface area (TPSA) is 231 Å². The van der Waals surface area contributed by atoms with Crippen LogP contribution in [0.5, 0.6) is 0 Å². The first kappa shape index (κ1) is 110. The lowest BCUT2D eigenvalue weighted by molar-refractivity contribution is -0.161. The van der Waals surface area contributed by atoms with Crippen LogP contribution in [-0.4, -0.2) is 95.9 Å². The number of hydrogen-bond acceptors (Lipinski definition) is 14. The molecule has 656 valence electrons. The van der Waals surface area contributed by atoms with E-state index >= 15 is 0 Å². The molecule has 0 rings (SSSR count). The maximum atomic E-state index is 13.0. The molecule has 0 saturated carbocycles. The number of carbonyl (C=O) groups excluding carboxylic acids is 3. The molecule has 0 amide bonds. The van der Waals surface area contributed by atoms with Gasteiger partial charge in [0.05, 0.1) is 26.4 Å². The van der Waals surface area contributed by atoms with Crippen molar-refractivity contribution < 1.29 is 75.8 Å². The second-order valence-corrected chi connectivity index (χ2v) is 32.5. The molecule has 16 nitrogen and oxygen atoms in total. The average molecular weight is 1650 g/mol. The largest absolute Gasteiger partial charge is 0.472 e. The molecule has 0 aliphatic carbocycles. The third kappa shape index (κ3) is 89.3. The molecule has 0 aromatic carbocycles. The van der Waals surface area contributed by atoms with Gasteiger partial charge in [0, 0.05) is 19.3 Å². The number of ether oxygens (including phenoxy) is 3. The first-order valence-corrected chi connectivity index (χ1v) is 48.1. The van der Waals surface area contributed by atoms with Crippen LogP contribution in [0, 0.1) is 0 Å². The highest BCUT2D eigenvalue weighted by atomic mass is 31.2. The average Bonchev–Trinajstić information content (AvgIpc) is 0.925. The first-order valence-electron chi connectivity index (χ1n) is 45.1. The molecule has 0 aromatic heterocycles. The molecule has 0 spiro atoms. The summed E-state index contributed by atoms with van der Waals surface area (Å²) in [6.45, 7) is 2.41. The van der Waals surface area contributed by atoms with Gasteiger partial charge < -0.3 is 34.2 Å². The molecule has 0 fully saturated rings. The Labute approximate surface area is 700 Å². The monoisotopic (exact) mass is 1650 g/mol. The Balaban J connectivity index is 4.60. The molecule has 0 radical (unpaired) electrons. The Morgan fingerprint density at radius 2 is 0.461 bits per heavy atom. The first-order chi connectivity index (χ1) is 56.2. The van der Waals surface area contributed by atoms with Crippen molar-refractivity contribution >= 4 is 33.6 Å². The van der Waals surface area contributed by atoms with E-state index in [1.165, 1.54) is 116 Å². The van der Waals surface area contributed by atoms with Gasteiger partial charge in [0.2, 0.25) is 0 Å². The summed E-state index contributed by atoms with van der Waals surface area (Å²) in [5.41, 5.74) is 0. The van der Waals surface area contributed by atoms with Crippen molar-refractivity contribution in [2.75, 3.05) is 39.6 Å². The molecular weight excluding hydrogens is 1480 g/mol. The molecule has 5 atom stereocenters. The van der Waals surface area contributed by atoms with Crippen LogP contribution in [0.4, 0.5) is 0 Å². The Kier molecular flexibility index (Phi) is 83.9. The molecule has 115 heavy (non-hydrogen) atoms. The molecule has 18 heteroatoms. The Morgan fingerprint density at radius 1 is 0.252 bits per heavy atom. The van der Waals surface area contributed by atoms with Gasteiger partial charge in [-0.1, -0.05) is 357 Å². The summed E-state index contributed by atoms with van der Waals surface area (Å²) in [6.07, 6.45) is 115. The molecule has 4 N–H and O–H groups in total. The highest BCUT2D eigenvalue weighted by Crippen LogP contribution is 2.45. The quantitative estimate of drug-likeness (QED) is 0.0146. The van der Waals surface area contributed by atoms with Crippen molar-refractivity contribution in [2.24, 2.45) is 0 Å². The molecule has 0 aromatic rings. The van der Waals surface area contributed by atoms with Crippen LogP contribution < -0.4 is 0 Å². The summed E-state index contributed by atoms with van der Waals surface area (Å²) < 4.78 is 61.4. The fourth-order valence-corrected chi connectivity index (χ4v) is 13.4. The van der Waals surface area contributed by atoms with Crippen LogP contribution in [0.15, 0.2) is 182 Å². The van der Waals surface area contributed by atoms with Crippen molar-refractivity contribution in [1.82, 2.24) is 0 Å². The number of phosphoric acid groups is 2. The smallest absolute Gasteiger partial charge is 0.463 e. The predicted octanol–water partition coefficient (Wildman–Crippen LogP) is 27.7. The van der Waals surface area contributed by atoms with E-state index in [4.69, 9.17) is 32.3 Å². The third-order valence-electron chi connectivity index (χ3n) is 18.6. The predicted molar refractivity (Wildman–Crippen MR) is 481 cm³/mol. The maximum Gasteiger partial charge on any atom is 0.472 e. The lowest BCUT2D eigenvalue weighted by atomic mass is 10.0. The molecule has 0 bridgehead atoms. The van der Waals surface area contributed by atoms with Gasteiger partial charge in [-0.25, -0.2) is 9.13 Å². The zero-order valence-electron chi connectivity index (χ0n) is 72.1. The highest BCUT2D eigenvalue weighted by molar-refractivity contribution is 7.47. The summed E-state index contributed by atoms with van der Waals surface area (Å²) >= 11 is 0. The summed E-state index contributed by atoms with van der Waals surface area (Å²) in [5, 5.41) is 20.7. The number of unbranched alkanes of at least 4 members (excludes halogenated alkanes) is 31. The van der Waals surface area contributed by atoms with Gasteiger partial charge in [-0.05, 0) is 161 Å². The van der Waals surface area contributed by atoms with Crippen molar-refractivity contribution in [3.63, 3.8) is 0 Å². The van der Waals surface area contributed by atoms with E-state index in [-0.39, 0.29) is 19.3 Å². The van der Waals surface area contributed by atoms with Crippen LogP contribution in [0.2, 0.25) is 0 Å². The number of carbonyl (C=O) groups is 3. The van der Waals surface area contributed by atoms with Gasteiger partial charge >= 0.3 is 33.6 Å². The summed E-state index contributed by atoms with van der Waals surface area (Å²) in [5.74, 6) is -1.62. The van der Waals surface area contributed by atoms with E-state index in [9.17, 15) is 43.5 Å².